The van der Waals surface area contributed by atoms with Gasteiger partial charge in [0, 0.05) is 0 Å². The fourth-order valence-electron chi connectivity index (χ4n) is 0.773. The van der Waals surface area contributed by atoms with Crippen LogP contribution in [0.5, 0.6) is 11.5 Å². The van der Waals surface area contributed by atoms with Crippen LogP contribution in [0.4, 0.5) is 0 Å². The maximum atomic E-state index is 5.16. The first-order chi connectivity index (χ1) is 4.47. The third-order valence-corrected chi connectivity index (χ3v) is 1.90. The second-order valence-electron chi connectivity index (χ2n) is 1.78. The largest absolute Gasteiger partial charge is 0.341 e. The van der Waals surface area contributed by atoms with E-state index in [1.54, 1.807) is 0 Å². The summed E-state index contributed by atoms with van der Waals surface area (Å²) >= 11 is 0. The summed E-state index contributed by atoms with van der Waals surface area (Å²) in [6.07, 6.45) is 0. The highest BCUT2D eigenvalue weighted by Crippen LogP contribution is 2.40. The van der Waals surface area contributed by atoms with Crippen molar-refractivity contribution in [1.29, 1.82) is 0 Å². The highest BCUT2D eigenvalue weighted by molar-refractivity contribution is 7.27. The van der Waals surface area contributed by atoms with E-state index in [2.05, 4.69) is 0 Å². The quantitative estimate of drug-likeness (QED) is 0.512. The average molecular weight is 141 g/mol. The van der Waals surface area contributed by atoms with Crippen molar-refractivity contribution >= 4 is 9.03 Å². The van der Waals surface area contributed by atoms with E-state index in [9.17, 15) is 0 Å². The van der Waals surface area contributed by atoms with E-state index in [1.807, 2.05) is 24.3 Å². The zero-order valence-corrected chi connectivity index (χ0v) is 5.86. The molecule has 0 unspecified atom stereocenters. The summed E-state index contributed by atoms with van der Waals surface area (Å²) in [4.78, 5) is 0. The molecule has 1 aliphatic heterocycles. The van der Waals surface area contributed by atoms with Crippen LogP contribution in [0.1, 0.15) is 0 Å². The van der Waals surface area contributed by atoms with E-state index < -0.39 is 0 Å². The van der Waals surface area contributed by atoms with E-state index >= 15 is 0 Å². The third-order valence-electron chi connectivity index (χ3n) is 1.20. The van der Waals surface area contributed by atoms with Gasteiger partial charge in [0.2, 0.25) is 11.5 Å². The normalized spacial score (nSPS) is 13.8. The van der Waals surface area contributed by atoms with Crippen molar-refractivity contribution in [3.63, 3.8) is 0 Å². The molecule has 1 aromatic rings. The molecule has 0 atom stereocenters. The fraction of sp³-hybridized carbons (Fsp3) is 0. The summed E-state index contributed by atoms with van der Waals surface area (Å²) in [5.41, 5.74) is 0. The van der Waals surface area contributed by atoms with Crippen LogP contribution in [0, 0.1) is 0 Å². The zero-order valence-electron chi connectivity index (χ0n) is 4.70. The Bertz CT molecular complexity index is 201. The number of fused-ring (bicyclic) bond motifs is 1. The molecule has 9 heavy (non-hydrogen) atoms. The predicted molar refractivity (Wildman–Crippen MR) is 37.4 cm³/mol. The summed E-state index contributed by atoms with van der Waals surface area (Å²) in [5.74, 6) is 1.76. The molecule has 0 fully saturated rings. The standard InChI is InChI=1S/C6H6O2P/c1-2-4-6-5(3-1)7-9-8-6/h1-4H,9H2/q+1. The molecular weight excluding hydrogens is 135 g/mol. The van der Waals surface area contributed by atoms with Crippen LogP contribution in [0.15, 0.2) is 24.3 Å². The zero-order chi connectivity index (χ0) is 6.10. The lowest BCUT2D eigenvalue weighted by atomic mass is 10.3. The van der Waals surface area contributed by atoms with E-state index in [1.165, 1.54) is 0 Å². The van der Waals surface area contributed by atoms with Crippen LogP contribution in [-0.4, -0.2) is 0 Å². The van der Waals surface area contributed by atoms with Crippen LogP contribution < -0.4 is 9.05 Å². The minimum Gasteiger partial charge on any atom is -0.311 e. The van der Waals surface area contributed by atoms with Crippen molar-refractivity contribution in [2.75, 3.05) is 0 Å². The molecule has 46 valence electrons. The molecule has 0 amide bonds. The van der Waals surface area contributed by atoms with Gasteiger partial charge in [-0.2, -0.15) is 0 Å². The summed E-state index contributed by atoms with van der Waals surface area (Å²) < 4.78 is 10.3. The molecular formula is C6H6O2P+. The lowest BCUT2D eigenvalue weighted by molar-refractivity contribution is 0.603. The Morgan fingerprint density at radius 3 is 2.11 bits per heavy atom. The van der Waals surface area contributed by atoms with Crippen molar-refractivity contribution in [2.24, 2.45) is 0 Å². The minimum atomic E-state index is -0.282. The lowest BCUT2D eigenvalue weighted by Crippen LogP contribution is -1.66. The number of benzene rings is 1. The molecule has 2 nitrogen and oxygen atoms in total. The van der Waals surface area contributed by atoms with Crippen LogP contribution in [-0.2, 0) is 0 Å². The topological polar surface area (TPSA) is 18.5 Å². The molecule has 2 rings (SSSR count). The number of rotatable bonds is 0. The first kappa shape index (κ1) is 5.07. The van der Waals surface area contributed by atoms with Gasteiger partial charge >= 0.3 is 9.03 Å². The summed E-state index contributed by atoms with van der Waals surface area (Å²) in [6.45, 7) is 0. The highest BCUT2D eigenvalue weighted by atomic mass is 31.1. The average Bonchev–Trinajstić information content (AvgIpc) is 2.33. The van der Waals surface area contributed by atoms with Gasteiger partial charge in [-0.25, -0.2) is 0 Å². The Labute approximate surface area is 54.7 Å². The van der Waals surface area contributed by atoms with Gasteiger partial charge < -0.3 is 9.05 Å². The van der Waals surface area contributed by atoms with Gasteiger partial charge in [-0.1, -0.05) is 12.1 Å². The second-order valence-corrected chi connectivity index (χ2v) is 2.44. The number of hydrogen-bond acceptors (Lipinski definition) is 2. The molecule has 3 heteroatoms. The van der Waals surface area contributed by atoms with Crippen molar-refractivity contribution < 1.29 is 9.05 Å². The third kappa shape index (κ3) is 0.757. The molecule has 0 radical (unpaired) electrons. The molecule has 1 aliphatic rings. The number of para-hydroxylation sites is 2. The predicted octanol–water partition coefficient (Wildman–Crippen LogP) is 1.70. The van der Waals surface area contributed by atoms with Crippen molar-refractivity contribution in [1.82, 2.24) is 0 Å². The van der Waals surface area contributed by atoms with Crippen LogP contribution in [0.25, 0.3) is 0 Å². The van der Waals surface area contributed by atoms with Gasteiger partial charge in [0.05, 0.1) is 0 Å². The molecule has 0 bridgehead atoms. The Kier molecular flexibility index (Phi) is 1.06. The first-order valence-corrected chi connectivity index (χ1v) is 3.65. The minimum absolute atomic E-state index is 0.282. The van der Waals surface area contributed by atoms with Gasteiger partial charge in [-0.05, 0) is 12.1 Å². The van der Waals surface area contributed by atoms with E-state index in [-0.39, 0.29) is 9.03 Å². The van der Waals surface area contributed by atoms with E-state index in [0.717, 1.165) is 11.5 Å². The Hall–Kier alpha value is -0.750. The van der Waals surface area contributed by atoms with Gasteiger partial charge in [0.15, 0.2) is 0 Å². The molecule has 1 aromatic carbocycles. The lowest BCUT2D eigenvalue weighted by Gasteiger charge is -1.83. The monoisotopic (exact) mass is 141 g/mol. The SMILES string of the molecule is c1ccc2c(c1)O[PH2+]O2. The molecule has 0 saturated heterocycles. The van der Waals surface area contributed by atoms with Crippen molar-refractivity contribution in [2.45, 2.75) is 0 Å². The Balaban J connectivity index is 2.54. The van der Waals surface area contributed by atoms with Gasteiger partial charge in [-0.15, -0.1) is 0 Å². The van der Waals surface area contributed by atoms with Gasteiger partial charge in [-0.3, -0.25) is 0 Å². The van der Waals surface area contributed by atoms with E-state index in [4.69, 9.17) is 9.05 Å². The highest BCUT2D eigenvalue weighted by Gasteiger charge is 2.17. The van der Waals surface area contributed by atoms with Gasteiger partial charge in [0.1, 0.15) is 0 Å². The fourth-order valence-corrected chi connectivity index (χ4v) is 1.42. The molecule has 0 N–H and O–H groups in total. The molecule has 0 saturated carbocycles. The summed E-state index contributed by atoms with van der Waals surface area (Å²) in [7, 11) is -0.282. The van der Waals surface area contributed by atoms with Gasteiger partial charge in [0.25, 0.3) is 0 Å². The number of hydrogen-bond donors (Lipinski definition) is 0. The summed E-state index contributed by atoms with van der Waals surface area (Å²) in [5, 5.41) is 0. The van der Waals surface area contributed by atoms with Crippen molar-refractivity contribution in [3.05, 3.63) is 24.3 Å². The molecule has 0 aliphatic carbocycles. The smallest absolute Gasteiger partial charge is 0.311 e. The van der Waals surface area contributed by atoms with Crippen LogP contribution >= 0.6 is 9.03 Å². The maximum absolute atomic E-state index is 5.16. The van der Waals surface area contributed by atoms with Crippen LogP contribution in [0.2, 0.25) is 0 Å². The first-order valence-electron chi connectivity index (χ1n) is 2.71. The second kappa shape index (κ2) is 1.89. The Morgan fingerprint density at radius 1 is 1.00 bits per heavy atom. The summed E-state index contributed by atoms with van der Waals surface area (Å²) in [6, 6.07) is 7.70. The Morgan fingerprint density at radius 2 is 1.56 bits per heavy atom. The van der Waals surface area contributed by atoms with Crippen molar-refractivity contribution in [3.8, 4) is 11.5 Å². The molecule has 1 heterocycles. The molecule has 0 spiro atoms. The molecule has 0 aromatic heterocycles. The van der Waals surface area contributed by atoms with Crippen LogP contribution in [0.3, 0.4) is 0 Å². The maximum Gasteiger partial charge on any atom is 0.341 e. The van der Waals surface area contributed by atoms with E-state index in [0.29, 0.717) is 0 Å².